The van der Waals surface area contributed by atoms with E-state index in [2.05, 4.69) is 4.98 Å². The first-order valence-electron chi connectivity index (χ1n) is 11.7. The molecule has 0 radical (unpaired) electrons. The summed E-state index contributed by atoms with van der Waals surface area (Å²) >= 11 is 0. The SMILES string of the molecule is Cc1cn([C@@H]2O[C@H](CO)[C@H](OCCCCCCN3C(=O)c4ccccc4C3=O)C2O)c(=O)[nH]c1=O. The summed E-state index contributed by atoms with van der Waals surface area (Å²) in [6.07, 6.45) is 0.189. The van der Waals surface area contributed by atoms with E-state index < -0.39 is 42.4 Å². The number of hydrogen-bond acceptors (Lipinski definition) is 8. The van der Waals surface area contributed by atoms with Crippen molar-refractivity contribution in [3.63, 3.8) is 0 Å². The minimum Gasteiger partial charge on any atom is -0.394 e. The lowest BCUT2D eigenvalue weighted by Gasteiger charge is -2.20. The highest BCUT2D eigenvalue weighted by Gasteiger charge is 2.45. The van der Waals surface area contributed by atoms with Crippen LogP contribution in [0.25, 0.3) is 0 Å². The van der Waals surface area contributed by atoms with Crippen molar-refractivity contribution < 1.29 is 29.3 Å². The Morgan fingerprint density at radius 1 is 1.03 bits per heavy atom. The summed E-state index contributed by atoms with van der Waals surface area (Å²) < 4.78 is 12.5. The van der Waals surface area contributed by atoms with Crippen LogP contribution in [0, 0.1) is 6.92 Å². The Morgan fingerprint density at radius 2 is 1.69 bits per heavy atom. The highest BCUT2D eigenvalue weighted by Crippen LogP contribution is 2.30. The van der Waals surface area contributed by atoms with Gasteiger partial charge in [-0.05, 0) is 31.9 Å². The lowest BCUT2D eigenvalue weighted by atomic mass is 10.1. The van der Waals surface area contributed by atoms with E-state index in [1.54, 1.807) is 24.3 Å². The molecular weight excluding hydrogens is 458 g/mol. The van der Waals surface area contributed by atoms with Crippen molar-refractivity contribution in [2.45, 2.75) is 57.1 Å². The van der Waals surface area contributed by atoms with Crippen molar-refractivity contribution in [2.75, 3.05) is 19.8 Å². The van der Waals surface area contributed by atoms with Crippen molar-refractivity contribution in [1.29, 1.82) is 0 Å². The van der Waals surface area contributed by atoms with Crippen molar-refractivity contribution in [3.05, 3.63) is 68.0 Å². The standard InChI is InChI=1S/C24H29N3O8/c1-14-12-27(24(33)25-20(14)30)23-18(29)19(17(13-28)35-23)34-11-7-3-2-6-10-26-21(31)15-8-4-5-9-16(15)22(26)32/h4-5,8-9,12,17-19,23,28-29H,2-3,6-7,10-11,13H2,1H3,(H,25,30,33)/t17-,18?,19+,23-/m1/s1. The first-order valence-corrected chi connectivity index (χ1v) is 11.7. The normalized spacial score (nSPS) is 23.8. The maximum atomic E-state index is 12.4. The van der Waals surface area contributed by atoms with Gasteiger partial charge in [-0.1, -0.05) is 25.0 Å². The monoisotopic (exact) mass is 487 g/mol. The molecule has 2 aliphatic heterocycles. The molecule has 3 heterocycles. The van der Waals surface area contributed by atoms with Crippen LogP contribution in [0.2, 0.25) is 0 Å². The van der Waals surface area contributed by atoms with E-state index in [-0.39, 0.29) is 17.4 Å². The molecule has 11 nitrogen and oxygen atoms in total. The number of aromatic amines is 1. The smallest absolute Gasteiger partial charge is 0.330 e. The minimum atomic E-state index is -1.22. The van der Waals surface area contributed by atoms with Gasteiger partial charge in [0.25, 0.3) is 17.4 Å². The number of rotatable bonds is 10. The molecular formula is C24H29N3O8. The summed E-state index contributed by atoms with van der Waals surface area (Å²) in [5, 5.41) is 20.3. The molecule has 0 bridgehead atoms. The van der Waals surface area contributed by atoms with Gasteiger partial charge in [0.05, 0.1) is 17.7 Å². The van der Waals surface area contributed by atoms with Gasteiger partial charge in [-0.2, -0.15) is 0 Å². The van der Waals surface area contributed by atoms with Crippen molar-refractivity contribution in [2.24, 2.45) is 0 Å². The highest BCUT2D eigenvalue weighted by molar-refractivity contribution is 6.21. The molecule has 1 saturated heterocycles. The third-order valence-corrected chi connectivity index (χ3v) is 6.37. The van der Waals surface area contributed by atoms with Crippen LogP contribution in [-0.4, -0.2) is 74.5 Å². The summed E-state index contributed by atoms with van der Waals surface area (Å²) in [6, 6.07) is 6.80. The number of unbranched alkanes of at least 4 members (excludes halogenated alkanes) is 3. The van der Waals surface area contributed by atoms with Crippen molar-refractivity contribution in [3.8, 4) is 0 Å². The van der Waals surface area contributed by atoms with Crippen LogP contribution in [0.1, 0.15) is 58.2 Å². The molecule has 11 heteroatoms. The van der Waals surface area contributed by atoms with E-state index in [4.69, 9.17) is 9.47 Å². The zero-order valence-corrected chi connectivity index (χ0v) is 19.4. The molecule has 0 aliphatic carbocycles. The number of amides is 2. The Balaban J connectivity index is 1.22. The molecule has 1 unspecified atom stereocenters. The molecule has 3 N–H and O–H groups in total. The molecule has 2 aromatic rings. The predicted octanol–water partition coefficient (Wildman–Crippen LogP) is 0.337. The fourth-order valence-corrected chi connectivity index (χ4v) is 4.46. The number of fused-ring (bicyclic) bond motifs is 1. The van der Waals surface area contributed by atoms with Gasteiger partial charge < -0.3 is 19.7 Å². The fourth-order valence-electron chi connectivity index (χ4n) is 4.46. The summed E-state index contributed by atoms with van der Waals surface area (Å²) in [4.78, 5) is 52.0. The van der Waals surface area contributed by atoms with Gasteiger partial charge >= 0.3 is 5.69 Å². The predicted molar refractivity (Wildman–Crippen MR) is 123 cm³/mol. The van der Waals surface area contributed by atoms with E-state index in [9.17, 15) is 29.4 Å². The van der Waals surface area contributed by atoms with Gasteiger partial charge in [-0.25, -0.2) is 4.79 Å². The second-order valence-electron chi connectivity index (χ2n) is 8.77. The number of aryl methyl sites for hydroxylation is 1. The third-order valence-electron chi connectivity index (χ3n) is 6.37. The Morgan fingerprint density at radius 3 is 2.34 bits per heavy atom. The second kappa shape index (κ2) is 10.6. The Bertz CT molecular complexity index is 1170. The number of nitrogens with zero attached hydrogens (tertiary/aromatic N) is 2. The zero-order chi connectivity index (χ0) is 25.1. The van der Waals surface area contributed by atoms with Gasteiger partial charge in [0.1, 0.15) is 18.3 Å². The van der Waals surface area contributed by atoms with Crippen molar-refractivity contribution in [1.82, 2.24) is 14.5 Å². The first-order chi connectivity index (χ1) is 16.8. The number of aliphatic hydroxyl groups excluding tert-OH is 2. The van der Waals surface area contributed by atoms with E-state index in [1.807, 2.05) is 0 Å². The van der Waals surface area contributed by atoms with E-state index in [1.165, 1.54) is 18.0 Å². The number of ether oxygens (including phenoxy) is 2. The van der Waals surface area contributed by atoms with Crippen LogP contribution in [0.3, 0.4) is 0 Å². The van der Waals surface area contributed by atoms with E-state index in [0.29, 0.717) is 37.1 Å². The molecule has 188 valence electrons. The van der Waals surface area contributed by atoms with Crippen LogP contribution in [0.4, 0.5) is 0 Å². The average molecular weight is 488 g/mol. The Labute approximate surface area is 200 Å². The molecule has 0 spiro atoms. The molecule has 2 aliphatic rings. The van der Waals surface area contributed by atoms with Gasteiger partial charge in [0.15, 0.2) is 6.23 Å². The molecule has 35 heavy (non-hydrogen) atoms. The lowest BCUT2D eigenvalue weighted by Crippen LogP contribution is -2.39. The Hall–Kier alpha value is -3.12. The average Bonchev–Trinajstić information content (AvgIpc) is 3.29. The fraction of sp³-hybridized carbons (Fsp3) is 0.500. The number of H-pyrrole nitrogens is 1. The number of carbonyl (C=O) groups is 2. The lowest BCUT2D eigenvalue weighted by molar-refractivity contribution is -0.0626. The van der Waals surface area contributed by atoms with Crippen LogP contribution < -0.4 is 11.2 Å². The maximum Gasteiger partial charge on any atom is 0.330 e. The molecule has 2 amide bonds. The van der Waals surface area contributed by atoms with Crippen LogP contribution >= 0.6 is 0 Å². The summed E-state index contributed by atoms with van der Waals surface area (Å²) in [7, 11) is 0. The molecule has 1 aromatic carbocycles. The number of nitrogens with one attached hydrogen (secondary N) is 1. The largest absolute Gasteiger partial charge is 0.394 e. The van der Waals surface area contributed by atoms with Gasteiger partial charge in [-0.3, -0.25) is 28.8 Å². The second-order valence-corrected chi connectivity index (χ2v) is 8.77. The Kier molecular flexibility index (Phi) is 7.60. The molecule has 4 atom stereocenters. The van der Waals surface area contributed by atoms with E-state index >= 15 is 0 Å². The van der Waals surface area contributed by atoms with Gasteiger partial charge in [-0.15, -0.1) is 0 Å². The van der Waals surface area contributed by atoms with Crippen LogP contribution in [-0.2, 0) is 9.47 Å². The number of aromatic nitrogens is 2. The molecule has 0 saturated carbocycles. The van der Waals surface area contributed by atoms with Gasteiger partial charge in [0, 0.05) is 24.9 Å². The van der Waals surface area contributed by atoms with E-state index in [0.717, 1.165) is 17.4 Å². The quantitative estimate of drug-likeness (QED) is 0.321. The highest BCUT2D eigenvalue weighted by atomic mass is 16.6. The number of aliphatic hydroxyl groups is 2. The number of hydrogen-bond donors (Lipinski definition) is 3. The summed E-state index contributed by atoms with van der Waals surface area (Å²) in [5.74, 6) is -0.518. The third kappa shape index (κ3) is 4.98. The van der Waals surface area contributed by atoms with Crippen LogP contribution in [0.5, 0.6) is 0 Å². The molecule has 1 aromatic heterocycles. The number of carbonyl (C=O) groups excluding carboxylic acids is 2. The maximum absolute atomic E-state index is 12.4. The molecule has 4 rings (SSSR count). The number of imide groups is 1. The molecule has 1 fully saturated rings. The topological polar surface area (TPSA) is 151 Å². The summed E-state index contributed by atoms with van der Waals surface area (Å²) in [6.45, 7) is 1.77. The number of benzene rings is 1. The first kappa shape index (κ1) is 25.0. The van der Waals surface area contributed by atoms with Crippen molar-refractivity contribution >= 4 is 11.8 Å². The van der Waals surface area contributed by atoms with Crippen LogP contribution in [0.15, 0.2) is 40.1 Å². The zero-order valence-electron chi connectivity index (χ0n) is 19.4. The minimum absolute atomic E-state index is 0.259. The summed E-state index contributed by atoms with van der Waals surface area (Å²) in [5.41, 5.74) is -0.0710. The van der Waals surface area contributed by atoms with Gasteiger partial charge in [0.2, 0.25) is 0 Å².